The van der Waals surface area contributed by atoms with Crippen molar-refractivity contribution < 1.29 is 0 Å². The summed E-state index contributed by atoms with van der Waals surface area (Å²) in [5, 5.41) is 0. The number of nitrogens with zero attached hydrogens (tertiary/aromatic N) is 4. The van der Waals surface area contributed by atoms with Crippen LogP contribution in [0.15, 0.2) is 0 Å². The molecule has 0 bridgehead atoms. The maximum Gasteiger partial charge on any atom is 0.0110 e. The molecular formula is C18H38N4. The highest BCUT2D eigenvalue weighted by Gasteiger charge is 2.17. The van der Waals surface area contributed by atoms with Gasteiger partial charge in [0.15, 0.2) is 0 Å². The van der Waals surface area contributed by atoms with Gasteiger partial charge in [-0.25, -0.2) is 0 Å². The van der Waals surface area contributed by atoms with Crippen molar-refractivity contribution in [1.29, 1.82) is 0 Å². The minimum absolute atomic E-state index is 1.27. The monoisotopic (exact) mass is 310 g/mol. The molecule has 0 aliphatic carbocycles. The van der Waals surface area contributed by atoms with Gasteiger partial charge in [-0.2, -0.15) is 0 Å². The summed E-state index contributed by atoms with van der Waals surface area (Å²) in [5.41, 5.74) is 0. The van der Waals surface area contributed by atoms with Crippen LogP contribution in [0.1, 0.15) is 39.5 Å². The Morgan fingerprint density at radius 2 is 0.773 bits per heavy atom. The third kappa shape index (κ3) is 6.53. The molecule has 0 aromatic heterocycles. The minimum atomic E-state index is 1.27. The van der Waals surface area contributed by atoms with Gasteiger partial charge in [0.25, 0.3) is 0 Å². The van der Waals surface area contributed by atoms with Crippen LogP contribution in [0.4, 0.5) is 0 Å². The summed E-state index contributed by atoms with van der Waals surface area (Å²) >= 11 is 0. The number of hydrogen-bond acceptors (Lipinski definition) is 4. The topological polar surface area (TPSA) is 13.0 Å². The molecule has 0 spiro atoms. The fourth-order valence-electron chi connectivity index (χ4n) is 3.86. The largest absolute Gasteiger partial charge is 0.302 e. The van der Waals surface area contributed by atoms with E-state index in [1.807, 2.05) is 0 Å². The Balaban J connectivity index is 1.65. The quantitative estimate of drug-likeness (QED) is 0.711. The SMILES string of the molecule is CCCN1CCCN(CCN2CCCN(CCC)CC2)CC1. The molecule has 0 amide bonds. The van der Waals surface area contributed by atoms with Crippen molar-refractivity contribution >= 4 is 0 Å². The highest BCUT2D eigenvalue weighted by atomic mass is 15.3. The van der Waals surface area contributed by atoms with Crippen LogP contribution in [0.2, 0.25) is 0 Å². The molecule has 0 aromatic rings. The third-order valence-electron chi connectivity index (χ3n) is 5.17. The van der Waals surface area contributed by atoms with Crippen molar-refractivity contribution in [1.82, 2.24) is 19.6 Å². The van der Waals surface area contributed by atoms with E-state index in [4.69, 9.17) is 0 Å². The first-order valence-corrected chi connectivity index (χ1v) is 9.71. The van der Waals surface area contributed by atoms with Crippen LogP contribution in [-0.2, 0) is 0 Å². The molecule has 0 aromatic carbocycles. The molecule has 130 valence electrons. The van der Waals surface area contributed by atoms with Crippen molar-refractivity contribution in [3.8, 4) is 0 Å². The summed E-state index contributed by atoms with van der Waals surface area (Å²) < 4.78 is 0. The first-order chi connectivity index (χ1) is 10.8. The summed E-state index contributed by atoms with van der Waals surface area (Å²) in [5.74, 6) is 0. The van der Waals surface area contributed by atoms with Crippen molar-refractivity contribution in [3.63, 3.8) is 0 Å². The van der Waals surface area contributed by atoms with Crippen molar-refractivity contribution in [2.24, 2.45) is 0 Å². The molecule has 0 N–H and O–H groups in total. The lowest BCUT2D eigenvalue weighted by atomic mass is 10.3. The molecule has 0 atom stereocenters. The van der Waals surface area contributed by atoms with E-state index in [1.165, 1.54) is 104 Å². The lowest BCUT2D eigenvalue weighted by Gasteiger charge is -2.26. The van der Waals surface area contributed by atoms with E-state index in [9.17, 15) is 0 Å². The zero-order chi connectivity index (χ0) is 15.6. The Labute approximate surface area is 138 Å². The van der Waals surface area contributed by atoms with Gasteiger partial charge in [-0.1, -0.05) is 13.8 Å². The zero-order valence-corrected chi connectivity index (χ0v) is 15.1. The lowest BCUT2D eigenvalue weighted by molar-refractivity contribution is 0.203. The Morgan fingerprint density at radius 3 is 1.09 bits per heavy atom. The van der Waals surface area contributed by atoms with Gasteiger partial charge in [0.2, 0.25) is 0 Å². The van der Waals surface area contributed by atoms with Gasteiger partial charge in [-0.05, 0) is 65.0 Å². The maximum atomic E-state index is 2.70. The summed E-state index contributed by atoms with van der Waals surface area (Å²) in [6.45, 7) is 20.0. The van der Waals surface area contributed by atoms with Crippen molar-refractivity contribution in [3.05, 3.63) is 0 Å². The van der Waals surface area contributed by atoms with E-state index in [-0.39, 0.29) is 0 Å². The minimum Gasteiger partial charge on any atom is -0.302 e. The standard InChI is InChI=1S/C18H38N4/c1-3-7-19-9-5-11-21(15-13-19)17-18-22-12-6-10-20(8-4-2)14-16-22/h3-18H2,1-2H3. The number of rotatable bonds is 7. The molecule has 0 radical (unpaired) electrons. The second-order valence-corrected chi connectivity index (χ2v) is 7.07. The smallest absolute Gasteiger partial charge is 0.0110 e. The average molecular weight is 311 g/mol. The molecular weight excluding hydrogens is 272 g/mol. The average Bonchev–Trinajstić information content (AvgIpc) is 2.87. The Hall–Kier alpha value is -0.160. The van der Waals surface area contributed by atoms with Gasteiger partial charge < -0.3 is 19.6 Å². The van der Waals surface area contributed by atoms with E-state index in [2.05, 4.69) is 33.4 Å². The third-order valence-corrected chi connectivity index (χ3v) is 5.17. The molecule has 2 heterocycles. The first kappa shape index (κ1) is 18.2. The van der Waals surface area contributed by atoms with Gasteiger partial charge >= 0.3 is 0 Å². The van der Waals surface area contributed by atoms with E-state index in [0.717, 1.165) is 0 Å². The fraction of sp³-hybridized carbons (Fsp3) is 1.00. The van der Waals surface area contributed by atoms with Crippen LogP contribution in [0.25, 0.3) is 0 Å². The normalized spacial score (nSPS) is 24.3. The summed E-state index contributed by atoms with van der Waals surface area (Å²) in [6, 6.07) is 0. The first-order valence-electron chi connectivity index (χ1n) is 9.71. The summed E-state index contributed by atoms with van der Waals surface area (Å²) in [7, 11) is 0. The zero-order valence-electron chi connectivity index (χ0n) is 15.1. The van der Waals surface area contributed by atoms with Gasteiger partial charge in [0.05, 0.1) is 0 Å². The van der Waals surface area contributed by atoms with E-state index in [1.54, 1.807) is 0 Å². The fourth-order valence-corrected chi connectivity index (χ4v) is 3.86. The van der Waals surface area contributed by atoms with E-state index in [0.29, 0.717) is 0 Å². The highest BCUT2D eigenvalue weighted by Crippen LogP contribution is 2.06. The molecule has 0 saturated carbocycles. The predicted molar refractivity (Wildman–Crippen MR) is 95.6 cm³/mol. The summed E-state index contributed by atoms with van der Waals surface area (Å²) in [6.07, 6.45) is 5.29. The molecule has 2 aliphatic heterocycles. The molecule has 2 saturated heterocycles. The second-order valence-electron chi connectivity index (χ2n) is 7.07. The second kappa shape index (κ2) is 10.6. The molecule has 2 fully saturated rings. The van der Waals surface area contributed by atoms with Crippen LogP contribution < -0.4 is 0 Å². The molecule has 0 unspecified atom stereocenters. The lowest BCUT2D eigenvalue weighted by Crippen LogP contribution is -2.39. The number of hydrogen-bond donors (Lipinski definition) is 0. The van der Waals surface area contributed by atoms with Gasteiger partial charge in [-0.15, -0.1) is 0 Å². The molecule has 2 aliphatic rings. The molecule has 4 heteroatoms. The van der Waals surface area contributed by atoms with Gasteiger partial charge in [0, 0.05) is 39.3 Å². The van der Waals surface area contributed by atoms with Crippen LogP contribution in [-0.4, -0.2) is 98.1 Å². The molecule has 2 rings (SSSR count). The molecule has 4 nitrogen and oxygen atoms in total. The highest BCUT2D eigenvalue weighted by molar-refractivity contribution is 4.73. The van der Waals surface area contributed by atoms with Crippen LogP contribution in [0, 0.1) is 0 Å². The van der Waals surface area contributed by atoms with E-state index >= 15 is 0 Å². The predicted octanol–water partition coefficient (Wildman–Crippen LogP) is 1.82. The van der Waals surface area contributed by atoms with E-state index < -0.39 is 0 Å². The van der Waals surface area contributed by atoms with Crippen molar-refractivity contribution in [2.75, 3.05) is 78.5 Å². The van der Waals surface area contributed by atoms with Gasteiger partial charge in [0.1, 0.15) is 0 Å². The van der Waals surface area contributed by atoms with Gasteiger partial charge in [-0.3, -0.25) is 0 Å². The maximum absolute atomic E-state index is 2.70. The van der Waals surface area contributed by atoms with Crippen molar-refractivity contribution in [2.45, 2.75) is 39.5 Å². The summed E-state index contributed by atoms with van der Waals surface area (Å²) in [4.78, 5) is 10.7. The molecule has 22 heavy (non-hydrogen) atoms. The Kier molecular flexibility index (Phi) is 8.75. The Morgan fingerprint density at radius 1 is 0.455 bits per heavy atom. The van der Waals surface area contributed by atoms with Crippen LogP contribution in [0.5, 0.6) is 0 Å². The van der Waals surface area contributed by atoms with Crippen LogP contribution >= 0.6 is 0 Å². The van der Waals surface area contributed by atoms with Crippen LogP contribution in [0.3, 0.4) is 0 Å². The Bertz CT molecular complexity index is 256.